The van der Waals surface area contributed by atoms with Crippen LogP contribution in [0, 0.1) is 0 Å². The van der Waals surface area contributed by atoms with Gasteiger partial charge in [-0.2, -0.15) is 0 Å². The number of rotatable bonds is 8. The number of hydrogen-bond acceptors (Lipinski definition) is 6. The standard InChI is InChI=1S/C23H23N3O4/c1-25(15-16-5-2-3-10-24-16)20-9-8-19-21-17(20)6-4-7-18(21)22(28)26(23(19)29)11-13-30-14-12-27/h2-10,27H,11-15H2,1H3. The van der Waals surface area contributed by atoms with Gasteiger partial charge in [-0.05, 0) is 30.3 Å². The molecule has 0 spiro atoms. The average molecular weight is 405 g/mol. The van der Waals surface area contributed by atoms with E-state index in [0.717, 1.165) is 16.8 Å². The van der Waals surface area contributed by atoms with E-state index in [-0.39, 0.29) is 38.2 Å². The maximum absolute atomic E-state index is 13.0. The normalized spacial score (nSPS) is 13.2. The van der Waals surface area contributed by atoms with Gasteiger partial charge in [-0.3, -0.25) is 19.5 Å². The lowest BCUT2D eigenvalue weighted by Crippen LogP contribution is -2.42. The fourth-order valence-corrected chi connectivity index (χ4v) is 3.81. The van der Waals surface area contributed by atoms with Gasteiger partial charge in [-0.25, -0.2) is 0 Å². The number of imide groups is 1. The molecule has 30 heavy (non-hydrogen) atoms. The van der Waals surface area contributed by atoms with Crippen LogP contribution in [-0.2, 0) is 11.3 Å². The zero-order valence-corrected chi connectivity index (χ0v) is 16.7. The lowest BCUT2D eigenvalue weighted by atomic mass is 9.92. The van der Waals surface area contributed by atoms with Gasteiger partial charge in [-0.15, -0.1) is 0 Å². The van der Waals surface area contributed by atoms with Gasteiger partial charge >= 0.3 is 0 Å². The van der Waals surface area contributed by atoms with Gasteiger partial charge in [0.1, 0.15) is 0 Å². The first kappa shape index (κ1) is 20.0. The summed E-state index contributed by atoms with van der Waals surface area (Å²) < 4.78 is 5.24. The largest absolute Gasteiger partial charge is 0.394 e. The molecule has 1 aliphatic heterocycles. The summed E-state index contributed by atoms with van der Waals surface area (Å²) in [5.74, 6) is -0.648. The highest BCUT2D eigenvalue weighted by molar-refractivity contribution is 6.26. The van der Waals surface area contributed by atoms with E-state index in [1.807, 2.05) is 43.4 Å². The molecule has 1 N–H and O–H groups in total. The summed E-state index contributed by atoms with van der Waals surface area (Å²) in [6.07, 6.45) is 1.76. The minimum Gasteiger partial charge on any atom is -0.394 e. The Kier molecular flexibility index (Phi) is 5.74. The Morgan fingerprint density at radius 3 is 2.53 bits per heavy atom. The summed E-state index contributed by atoms with van der Waals surface area (Å²) >= 11 is 0. The van der Waals surface area contributed by atoms with Crippen LogP contribution in [0.4, 0.5) is 5.69 Å². The molecular weight excluding hydrogens is 382 g/mol. The molecular formula is C23H23N3O4. The molecule has 2 amide bonds. The Morgan fingerprint density at radius 2 is 1.80 bits per heavy atom. The predicted octanol–water partition coefficient (Wildman–Crippen LogP) is 2.48. The summed E-state index contributed by atoms with van der Waals surface area (Å²) in [4.78, 5) is 33.7. The molecule has 1 aromatic heterocycles. The number of pyridine rings is 1. The number of aliphatic hydroxyl groups excluding tert-OH is 1. The van der Waals surface area contributed by atoms with Gasteiger partial charge < -0.3 is 14.7 Å². The van der Waals surface area contributed by atoms with Crippen LogP contribution in [-0.4, -0.2) is 60.2 Å². The second-order valence-electron chi connectivity index (χ2n) is 7.14. The van der Waals surface area contributed by atoms with E-state index < -0.39 is 0 Å². The zero-order valence-electron chi connectivity index (χ0n) is 16.7. The van der Waals surface area contributed by atoms with Crippen molar-refractivity contribution < 1.29 is 19.4 Å². The Balaban J connectivity index is 1.68. The van der Waals surface area contributed by atoms with E-state index in [0.29, 0.717) is 23.1 Å². The van der Waals surface area contributed by atoms with Crippen LogP contribution in [0.3, 0.4) is 0 Å². The number of nitrogens with zero attached hydrogens (tertiary/aromatic N) is 3. The molecule has 1 aliphatic rings. The molecule has 7 heteroatoms. The SMILES string of the molecule is CN(Cc1ccccn1)c1ccc2c3c(cccc13)C(=O)N(CCOCCO)C2=O. The smallest absolute Gasteiger partial charge is 0.261 e. The fraction of sp³-hybridized carbons (Fsp3) is 0.261. The molecule has 0 saturated carbocycles. The summed E-state index contributed by atoms with van der Waals surface area (Å²) in [5, 5.41) is 10.4. The van der Waals surface area contributed by atoms with E-state index in [9.17, 15) is 9.59 Å². The maximum atomic E-state index is 13.0. The second kappa shape index (κ2) is 8.61. The highest BCUT2D eigenvalue weighted by Crippen LogP contribution is 2.35. The predicted molar refractivity (Wildman–Crippen MR) is 114 cm³/mol. The molecule has 0 aliphatic carbocycles. The van der Waals surface area contributed by atoms with Crippen molar-refractivity contribution in [3.63, 3.8) is 0 Å². The number of hydrogen-bond donors (Lipinski definition) is 1. The molecule has 2 aromatic carbocycles. The van der Waals surface area contributed by atoms with Gasteiger partial charge in [0.15, 0.2) is 0 Å². The minimum absolute atomic E-state index is 0.0984. The molecule has 0 bridgehead atoms. The first-order valence-electron chi connectivity index (χ1n) is 9.83. The van der Waals surface area contributed by atoms with Crippen LogP contribution in [0.2, 0.25) is 0 Å². The first-order chi connectivity index (χ1) is 14.6. The van der Waals surface area contributed by atoms with Crippen LogP contribution in [0.25, 0.3) is 10.8 Å². The van der Waals surface area contributed by atoms with Crippen LogP contribution in [0.1, 0.15) is 26.4 Å². The Hall–Kier alpha value is -3.29. The third-order valence-electron chi connectivity index (χ3n) is 5.20. The minimum atomic E-state index is -0.324. The number of ether oxygens (including phenoxy) is 1. The van der Waals surface area contributed by atoms with Crippen LogP contribution >= 0.6 is 0 Å². The van der Waals surface area contributed by atoms with E-state index in [1.54, 1.807) is 18.3 Å². The number of anilines is 1. The van der Waals surface area contributed by atoms with Crippen molar-refractivity contribution in [1.29, 1.82) is 0 Å². The Morgan fingerprint density at radius 1 is 1.00 bits per heavy atom. The Labute approximate surface area is 174 Å². The topological polar surface area (TPSA) is 83.0 Å². The lowest BCUT2D eigenvalue weighted by Gasteiger charge is -2.29. The molecule has 0 radical (unpaired) electrons. The molecule has 4 rings (SSSR count). The third kappa shape index (κ3) is 3.65. The van der Waals surface area contributed by atoms with E-state index in [2.05, 4.69) is 9.88 Å². The van der Waals surface area contributed by atoms with E-state index in [4.69, 9.17) is 9.84 Å². The fourth-order valence-electron chi connectivity index (χ4n) is 3.81. The maximum Gasteiger partial charge on any atom is 0.261 e. The molecule has 3 aromatic rings. The quantitative estimate of drug-likeness (QED) is 0.458. The van der Waals surface area contributed by atoms with E-state index in [1.165, 1.54) is 4.90 Å². The van der Waals surface area contributed by atoms with Crippen molar-refractivity contribution in [2.24, 2.45) is 0 Å². The highest BCUT2D eigenvalue weighted by atomic mass is 16.5. The summed E-state index contributed by atoms with van der Waals surface area (Å²) in [6.45, 7) is 1.02. The van der Waals surface area contributed by atoms with Gasteiger partial charge in [0, 0.05) is 40.8 Å². The number of carbonyl (C=O) groups is 2. The molecule has 0 saturated heterocycles. The summed E-state index contributed by atoms with van der Waals surface area (Å²) in [5.41, 5.74) is 2.89. The number of amides is 2. The molecule has 0 unspecified atom stereocenters. The number of aliphatic hydroxyl groups is 1. The number of benzene rings is 2. The molecule has 0 fully saturated rings. The summed E-state index contributed by atoms with van der Waals surface area (Å²) in [7, 11) is 1.97. The van der Waals surface area contributed by atoms with Crippen LogP contribution in [0.15, 0.2) is 54.7 Å². The van der Waals surface area contributed by atoms with Gasteiger partial charge in [0.25, 0.3) is 11.8 Å². The first-order valence-corrected chi connectivity index (χ1v) is 9.83. The van der Waals surface area contributed by atoms with E-state index >= 15 is 0 Å². The van der Waals surface area contributed by atoms with Crippen LogP contribution < -0.4 is 4.90 Å². The summed E-state index contributed by atoms with van der Waals surface area (Å²) in [6, 6.07) is 15.0. The Bertz CT molecular complexity index is 1060. The number of carbonyl (C=O) groups excluding carboxylic acids is 2. The number of aromatic nitrogens is 1. The average Bonchev–Trinajstić information content (AvgIpc) is 2.77. The monoisotopic (exact) mass is 405 g/mol. The lowest BCUT2D eigenvalue weighted by molar-refractivity contribution is 0.0478. The van der Waals surface area contributed by atoms with Crippen LogP contribution in [0.5, 0.6) is 0 Å². The van der Waals surface area contributed by atoms with Crippen molar-refractivity contribution in [3.05, 3.63) is 71.5 Å². The third-order valence-corrected chi connectivity index (χ3v) is 5.20. The van der Waals surface area contributed by atoms with Gasteiger partial charge in [0.2, 0.25) is 0 Å². The molecule has 2 heterocycles. The van der Waals surface area contributed by atoms with Crippen molar-refractivity contribution in [2.45, 2.75) is 6.54 Å². The molecule has 7 nitrogen and oxygen atoms in total. The van der Waals surface area contributed by atoms with Crippen molar-refractivity contribution in [3.8, 4) is 0 Å². The molecule has 154 valence electrons. The molecule has 0 atom stereocenters. The van der Waals surface area contributed by atoms with Crippen molar-refractivity contribution in [1.82, 2.24) is 9.88 Å². The second-order valence-corrected chi connectivity index (χ2v) is 7.14. The van der Waals surface area contributed by atoms with Crippen molar-refractivity contribution >= 4 is 28.3 Å². The van der Waals surface area contributed by atoms with Crippen molar-refractivity contribution in [2.75, 3.05) is 38.3 Å². The van der Waals surface area contributed by atoms with Gasteiger partial charge in [0.05, 0.1) is 38.6 Å². The highest BCUT2D eigenvalue weighted by Gasteiger charge is 2.33. The van der Waals surface area contributed by atoms with Gasteiger partial charge in [-0.1, -0.05) is 18.2 Å². The zero-order chi connectivity index (χ0) is 21.1.